The van der Waals surface area contributed by atoms with E-state index < -0.39 is 0 Å². The zero-order chi connectivity index (χ0) is 15.6. The molecule has 126 valence electrons. The second kappa shape index (κ2) is 7.28. The third kappa shape index (κ3) is 3.28. The van der Waals surface area contributed by atoms with Crippen molar-refractivity contribution in [2.45, 2.75) is 31.7 Å². The average molecular weight is 344 g/mol. The molecule has 4 rings (SSSR count). The number of hydrogen-bond acceptors (Lipinski definition) is 4. The van der Waals surface area contributed by atoms with Gasteiger partial charge < -0.3 is 5.73 Å². The zero-order valence-corrected chi connectivity index (χ0v) is 14.3. The van der Waals surface area contributed by atoms with Gasteiger partial charge in [0.2, 0.25) is 0 Å². The van der Waals surface area contributed by atoms with E-state index in [2.05, 4.69) is 39.0 Å². The lowest BCUT2D eigenvalue weighted by atomic mass is 9.86. The minimum atomic E-state index is 0. The Kier molecular flexibility index (Phi) is 5.11. The lowest BCUT2D eigenvalue weighted by Gasteiger charge is -2.27. The number of nitrogens with two attached hydrogens (primary N) is 1. The molecule has 3 aromatic rings. The van der Waals surface area contributed by atoms with Crippen LogP contribution in [0.1, 0.15) is 31.7 Å². The highest BCUT2D eigenvalue weighted by molar-refractivity contribution is 5.85. The van der Waals surface area contributed by atoms with Crippen LogP contribution in [0.4, 0.5) is 0 Å². The fourth-order valence-electron chi connectivity index (χ4n) is 3.47. The molecule has 24 heavy (non-hydrogen) atoms. The van der Waals surface area contributed by atoms with Gasteiger partial charge in [-0.3, -0.25) is 14.6 Å². The Hall–Kier alpha value is -1.98. The number of benzene rings is 1. The van der Waals surface area contributed by atoms with E-state index in [4.69, 9.17) is 10.8 Å². The summed E-state index contributed by atoms with van der Waals surface area (Å²) >= 11 is 0. The van der Waals surface area contributed by atoms with E-state index in [1.54, 1.807) is 18.6 Å². The fourth-order valence-corrected chi connectivity index (χ4v) is 3.47. The summed E-state index contributed by atoms with van der Waals surface area (Å²) in [5.41, 5.74) is 8.75. The van der Waals surface area contributed by atoms with Crippen molar-refractivity contribution in [2.24, 2.45) is 11.7 Å². The van der Waals surface area contributed by atoms with Crippen LogP contribution in [0.5, 0.6) is 0 Å². The molecule has 0 saturated heterocycles. The summed E-state index contributed by atoms with van der Waals surface area (Å²) in [5.74, 6) is 0.694. The van der Waals surface area contributed by atoms with Crippen molar-refractivity contribution in [3.05, 3.63) is 43.0 Å². The molecule has 2 heterocycles. The number of fused-ring (bicyclic) bond motifs is 1. The first-order chi connectivity index (χ1) is 11.3. The summed E-state index contributed by atoms with van der Waals surface area (Å²) in [6.45, 7) is 0.815. The van der Waals surface area contributed by atoms with E-state index in [1.165, 1.54) is 31.1 Å². The molecule has 1 saturated carbocycles. The largest absolute Gasteiger partial charge is 0.330 e. The molecule has 0 bridgehead atoms. The summed E-state index contributed by atoms with van der Waals surface area (Å²) in [6, 6.07) is 6.81. The predicted molar refractivity (Wildman–Crippen MR) is 98.1 cm³/mol. The van der Waals surface area contributed by atoms with Crippen LogP contribution in [-0.2, 0) is 0 Å². The van der Waals surface area contributed by atoms with Crippen molar-refractivity contribution < 1.29 is 0 Å². The fraction of sp³-hybridized carbons (Fsp3) is 0.389. The molecular weight excluding hydrogens is 322 g/mol. The molecular formula is C18H22ClN5. The van der Waals surface area contributed by atoms with Gasteiger partial charge >= 0.3 is 0 Å². The number of hydrogen-bond donors (Lipinski definition) is 1. The van der Waals surface area contributed by atoms with Crippen LogP contribution >= 0.6 is 12.4 Å². The van der Waals surface area contributed by atoms with Crippen molar-refractivity contribution >= 4 is 23.3 Å². The molecule has 0 unspecified atom stereocenters. The number of halogens is 1. The minimum Gasteiger partial charge on any atom is -0.330 e. The number of rotatable bonds is 3. The Morgan fingerprint density at radius 1 is 1.12 bits per heavy atom. The molecule has 1 aromatic carbocycles. The van der Waals surface area contributed by atoms with Crippen LogP contribution in [0.2, 0.25) is 0 Å². The Labute approximate surface area is 147 Å². The molecule has 0 amide bonds. The Bertz CT molecular complexity index is 794. The predicted octanol–water partition coefficient (Wildman–Crippen LogP) is 3.61. The van der Waals surface area contributed by atoms with Gasteiger partial charge in [-0.15, -0.1) is 12.4 Å². The second-order valence-corrected chi connectivity index (χ2v) is 6.38. The molecule has 0 atom stereocenters. The number of aromatic nitrogens is 4. The van der Waals surface area contributed by atoms with E-state index in [0.29, 0.717) is 12.0 Å². The van der Waals surface area contributed by atoms with Gasteiger partial charge in [0.15, 0.2) is 0 Å². The average Bonchev–Trinajstić information content (AvgIpc) is 3.06. The third-order valence-electron chi connectivity index (χ3n) is 4.91. The van der Waals surface area contributed by atoms with Crippen LogP contribution in [0, 0.1) is 5.92 Å². The van der Waals surface area contributed by atoms with Gasteiger partial charge in [-0.25, -0.2) is 0 Å². The van der Waals surface area contributed by atoms with Crippen LogP contribution in [-0.4, -0.2) is 26.3 Å². The summed E-state index contributed by atoms with van der Waals surface area (Å²) in [7, 11) is 0. The van der Waals surface area contributed by atoms with Crippen LogP contribution in [0.15, 0.2) is 43.0 Å². The van der Waals surface area contributed by atoms with E-state index >= 15 is 0 Å². The summed E-state index contributed by atoms with van der Waals surface area (Å²) < 4.78 is 2.15. The first-order valence-electron chi connectivity index (χ1n) is 8.29. The normalized spacial score (nSPS) is 20.7. The molecule has 0 radical (unpaired) electrons. The highest BCUT2D eigenvalue weighted by Gasteiger charge is 2.22. The molecule has 1 aliphatic rings. The first-order valence-corrected chi connectivity index (χ1v) is 8.29. The van der Waals surface area contributed by atoms with E-state index in [0.717, 1.165) is 23.3 Å². The Balaban J connectivity index is 0.00000169. The monoisotopic (exact) mass is 343 g/mol. The molecule has 0 aliphatic heterocycles. The number of nitrogens with zero attached hydrogens (tertiary/aromatic N) is 4. The summed E-state index contributed by atoms with van der Waals surface area (Å²) in [5, 5.41) is 5.99. The molecule has 6 heteroatoms. The summed E-state index contributed by atoms with van der Waals surface area (Å²) in [4.78, 5) is 8.50. The standard InChI is InChI=1S/C18H21N5.ClH/c19-10-13-1-5-16(6-2-13)23-12-15-4-3-14(9-17(15)22-23)18-11-20-7-8-21-18;/h3-4,7-9,11-13,16H,1-2,5-6,10,19H2;1H. The van der Waals surface area contributed by atoms with E-state index in [-0.39, 0.29) is 12.4 Å². The summed E-state index contributed by atoms with van der Waals surface area (Å²) in [6.07, 6.45) is 12.1. The van der Waals surface area contributed by atoms with Gasteiger partial charge in [-0.1, -0.05) is 12.1 Å². The molecule has 1 aliphatic carbocycles. The zero-order valence-electron chi connectivity index (χ0n) is 13.5. The van der Waals surface area contributed by atoms with Gasteiger partial charge in [-0.2, -0.15) is 5.10 Å². The molecule has 5 nitrogen and oxygen atoms in total. The minimum absolute atomic E-state index is 0. The van der Waals surface area contributed by atoms with Crippen molar-refractivity contribution in [2.75, 3.05) is 6.54 Å². The lowest BCUT2D eigenvalue weighted by molar-refractivity contribution is 0.266. The van der Waals surface area contributed by atoms with Crippen molar-refractivity contribution in [1.82, 2.24) is 19.7 Å². The van der Waals surface area contributed by atoms with E-state index in [1.807, 2.05) is 0 Å². The molecule has 2 aromatic heterocycles. The van der Waals surface area contributed by atoms with Crippen LogP contribution in [0.3, 0.4) is 0 Å². The van der Waals surface area contributed by atoms with Crippen LogP contribution in [0.25, 0.3) is 22.2 Å². The highest BCUT2D eigenvalue weighted by Crippen LogP contribution is 2.32. The SMILES string of the molecule is Cl.NCC1CCC(n2cc3ccc(-c4cnccn4)cc3n2)CC1. The van der Waals surface area contributed by atoms with Crippen molar-refractivity contribution in [3.8, 4) is 11.3 Å². The van der Waals surface area contributed by atoms with E-state index in [9.17, 15) is 0 Å². The van der Waals surface area contributed by atoms with Crippen LogP contribution < -0.4 is 5.73 Å². The topological polar surface area (TPSA) is 69.6 Å². The second-order valence-electron chi connectivity index (χ2n) is 6.38. The van der Waals surface area contributed by atoms with Gasteiger partial charge in [0.25, 0.3) is 0 Å². The molecule has 2 N–H and O–H groups in total. The third-order valence-corrected chi connectivity index (χ3v) is 4.91. The van der Waals surface area contributed by atoms with Gasteiger partial charge in [0.1, 0.15) is 0 Å². The van der Waals surface area contributed by atoms with Crippen molar-refractivity contribution in [1.29, 1.82) is 0 Å². The Morgan fingerprint density at radius 3 is 2.67 bits per heavy atom. The van der Waals surface area contributed by atoms with Gasteiger partial charge in [-0.05, 0) is 44.2 Å². The molecule has 0 spiro atoms. The Morgan fingerprint density at radius 2 is 1.96 bits per heavy atom. The van der Waals surface area contributed by atoms with Gasteiger partial charge in [0, 0.05) is 29.5 Å². The lowest BCUT2D eigenvalue weighted by Crippen LogP contribution is -2.23. The maximum Gasteiger partial charge on any atom is 0.0930 e. The molecule has 1 fully saturated rings. The van der Waals surface area contributed by atoms with Crippen molar-refractivity contribution in [3.63, 3.8) is 0 Å². The first kappa shape index (κ1) is 16.9. The smallest absolute Gasteiger partial charge is 0.0930 e. The quantitative estimate of drug-likeness (QED) is 0.788. The highest BCUT2D eigenvalue weighted by atomic mass is 35.5. The maximum absolute atomic E-state index is 5.79. The van der Waals surface area contributed by atoms with Gasteiger partial charge in [0.05, 0.1) is 23.4 Å². The maximum atomic E-state index is 5.79.